The first-order valence-corrected chi connectivity index (χ1v) is 10.3. The van der Waals surface area contributed by atoms with Crippen LogP contribution in [0.25, 0.3) is 0 Å². The molecule has 1 unspecified atom stereocenters. The highest BCUT2D eigenvalue weighted by Crippen LogP contribution is 2.49. The fourth-order valence-electron chi connectivity index (χ4n) is 3.34. The summed E-state index contributed by atoms with van der Waals surface area (Å²) in [5.41, 5.74) is -0.103. The van der Waals surface area contributed by atoms with Gasteiger partial charge in [-0.25, -0.2) is 4.99 Å². The Balaban J connectivity index is 1.39. The summed E-state index contributed by atoms with van der Waals surface area (Å²) in [5, 5.41) is 3.13. The van der Waals surface area contributed by atoms with Crippen LogP contribution in [0.4, 0.5) is 18.9 Å². The van der Waals surface area contributed by atoms with Crippen LogP contribution in [-0.4, -0.2) is 27.8 Å². The number of thioether (sulfide) groups is 2. The molecule has 2 heterocycles. The minimum Gasteiger partial charge on any atom is -0.325 e. The number of nitrogens with one attached hydrogen (secondary N) is 1. The average molecular weight is 425 g/mol. The number of aliphatic imine (C=N–C) groups is 2. The SMILES string of the molecule is O=C(CSC1=NC(=O)C2C(=N1)SC1=C2CCC1)Nc1ccccc1C(F)(F)F. The molecule has 0 bridgehead atoms. The third kappa shape index (κ3) is 3.75. The summed E-state index contributed by atoms with van der Waals surface area (Å²) < 4.78 is 39.0. The number of hydrogen-bond donors (Lipinski definition) is 1. The normalized spacial score (nSPS) is 21.2. The molecule has 0 radical (unpaired) electrons. The number of carbonyl (C=O) groups is 2. The molecule has 28 heavy (non-hydrogen) atoms. The highest BCUT2D eigenvalue weighted by atomic mass is 32.2. The predicted molar refractivity (Wildman–Crippen MR) is 104 cm³/mol. The van der Waals surface area contributed by atoms with Gasteiger partial charge in [0.2, 0.25) is 5.91 Å². The van der Waals surface area contributed by atoms with E-state index in [2.05, 4.69) is 15.3 Å². The van der Waals surface area contributed by atoms with Crippen LogP contribution in [0.3, 0.4) is 0 Å². The Kier molecular flexibility index (Phi) is 5.09. The van der Waals surface area contributed by atoms with Crippen molar-refractivity contribution in [3.05, 3.63) is 40.3 Å². The van der Waals surface area contributed by atoms with Gasteiger partial charge < -0.3 is 5.32 Å². The molecule has 1 atom stereocenters. The van der Waals surface area contributed by atoms with Crippen LogP contribution < -0.4 is 5.32 Å². The van der Waals surface area contributed by atoms with Crippen molar-refractivity contribution in [3.63, 3.8) is 0 Å². The Bertz CT molecular complexity index is 954. The van der Waals surface area contributed by atoms with Gasteiger partial charge in [0.15, 0.2) is 5.17 Å². The minimum absolute atomic E-state index is 0.171. The first kappa shape index (κ1) is 19.3. The zero-order valence-electron chi connectivity index (χ0n) is 14.4. The number of halogens is 3. The van der Waals surface area contributed by atoms with Crippen molar-refractivity contribution >= 4 is 51.2 Å². The van der Waals surface area contributed by atoms with E-state index >= 15 is 0 Å². The number of amidine groups is 1. The Hall–Kier alpha value is -2.07. The van der Waals surface area contributed by atoms with Crippen LogP contribution >= 0.6 is 23.5 Å². The number of allylic oxidation sites excluding steroid dienone is 1. The molecule has 1 N–H and O–H groups in total. The van der Waals surface area contributed by atoms with Gasteiger partial charge in [-0.3, -0.25) is 9.59 Å². The lowest BCUT2D eigenvalue weighted by Crippen LogP contribution is -2.25. The summed E-state index contributed by atoms with van der Waals surface area (Å²) >= 11 is 2.44. The van der Waals surface area contributed by atoms with E-state index in [1.165, 1.54) is 34.9 Å². The number of rotatable bonds is 3. The van der Waals surface area contributed by atoms with Gasteiger partial charge in [0.25, 0.3) is 5.91 Å². The molecule has 5 nitrogen and oxygen atoms in total. The molecule has 2 aliphatic heterocycles. The Morgan fingerprint density at radius 1 is 1.25 bits per heavy atom. The van der Waals surface area contributed by atoms with Gasteiger partial charge in [-0.15, -0.1) is 0 Å². The van der Waals surface area contributed by atoms with Gasteiger partial charge in [0.05, 0.1) is 22.0 Å². The van der Waals surface area contributed by atoms with Gasteiger partial charge in [-0.05, 0) is 41.9 Å². The van der Waals surface area contributed by atoms with Crippen molar-refractivity contribution in [1.82, 2.24) is 0 Å². The molecule has 1 aromatic carbocycles. The third-order valence-electron chi connectivity index (χ3n) is 4.53. The molecule has 1 aliphatic carbocycles. The highest BCUT2D eigenvalue weighted by molar-refractivity contribution is 8.18. The maximum Gasteiger partial charge on any atom is 0.418 e. The zero-order valence-corrected chi connectivity index (χ0v) is 16.0. The van der Waals surface area contributed by atoms with E-state index in [0.29, 0.717) is 5.04 Å². The van der Waals surface area contributed by atoms with Crippen LogP contribution in [0.2, 0.25) is 0 Å². The second-order valence-corrected chi connectivity index (χ2v) is 8.46. The maximum atomic E-state index is 13.0. The largest absolute Gasteiger partial charge is 0.418 e. The molecular formula is C18H14F3N3O2S2. The smallest absolute Gasteiger partial charge is 0.325 e. The molecule has 2 amide bonds. The fourth-order valence-corrected chi connectivity index (χ4v) is 5.39. The first-order chi connectivity index (χ1) is 13.3. The van der Waals surface area contributed by atoms with E-state index in [1.54, 1.807) is 0 Å². The molecule has 0 fully saturated rings. The van der Waals surface area contributed by atoms with Gasteiger partial charge in [0.1, 0.15) is 5.92 Å². The molecule has 0 aromatic heterocycles. The molecule has 1 aromatic rings. The summed E-state index contributed by atoms with van der Waals surface area (Å²) in [6, 6.07) is 4.77. The van der Waals surface area contributed by atoms with Crippen LogP contribution in [0.1, 0.15) is 24.8 Å². The molecule has 10 heteroatoms. The lowest BCUT2D eigenvalue weighted by Gasteiger charge is -2.16. The number of anilines is 1. The van der Waals surface area contributed by atoms with Gasteiger partial charge in [-0.2, -0.15) is 18.2 Å². The van der Waals surface area contributed by atoms with Crippen LogP contribution in [-0.2, 0) is 15.8 Å². The molecule has 0 spiro atoms. The first-order valence-electron chi connectivity index (χ1n) is 8.52. The van der Waals surface area contributed by atoms with E-state index in [0.717, 1.165) is 42.7 Å². The van der Waals surface area contributed by atoms with E-state index in [9.17, 15) is 22.8 Å². The Labute approximate surface area is 167 Å². The number of benzene rings is 1. The molecule has 3 aliphatic rings. The van der Waals surface area contributed by atoms with Crippen molar-refractivity contribution in [3.8, 4) is 0 Å². The quantitative estimate of drug-likeness (QED) is 0.776. The van der Waals surface area contributed by atoms with Crippen LogP contribution in [0.5, 0.6) is 0 Å². The van der Waals surface area contributed by atoms with Crippen molar-refractivity contribution < 1.29 is 22.8 Å². The monoisotopic (exact) mass is 425 g/mol. The third-order valence-corrected chi connectivity index (χ3v) is 6.62. The summed E-state index contributed by atoms with van der Waals surface area (Å²) in [5.74, 6) is -1.48. The highest BCUT2D eigenvalue weighted by Gasteiger charge is 2.41. The molecular weight excluding hydrogens is 411 g/mol. The standard InChI is InChI=1S/C18H14F3N3O2S2/c19-18(20,21)10-5-1-2-6-11(10)22-13(25)8-27-17-23-15(26)14-9-4-3-7-12(9)28-16(14)24-17/h1-2,5-6,14H,3-4,7-8H2,(H,22,25). The van der Waals surface area contributed by atoms with E-state index in [-0.39, 0.29) is 28.4 Å². The second-order valence-electron chi connectivity index (χ2n) is 6.40. The number of nitrogens with zero attached hydrogens (tertiary/aromatic N) is 2. The molecule has 4 rings (SSSR count). The van der Waals surface area contributed by atoms with Crippen molar-refractivity contribution in [2.24, 2.45) is 15.9 Å². The van der Waals surface area contributed by atoms with Crippen LogP contribution in [0, 0.1) is 5.92 Å². The van der Waals surface area contributed by atoms with Gasteiger partial charge >= 0.3 is 6.18 Å². The predicted octanol–water partition coefficient (Wildman–Crippen LogP) is 4.47. The summed E-state index contributed by atoms with van der Waals surface area (Å²) in [6.45, 7) is 0. The minimum atomic E-state index is -4.56. The van der Waals surface area contributed by atoms with E-state index < -0.39 is 17.6 Å². The van der Waals surface area contributed by atoms with Gasteiger partial charge in [-0.1, -0.05) is 35.7 Å². The van der Waals surface area contributed by atoms with Gasteiger partial charge in [0, 0.05) is 0 Å². The van der Waals surface area contributed by atoms with Crippen molar-refractivity contribution in [2.45, 2.75) is 25.4 Å². The molecule has 0 saturated carbocycles. The topological polar surface area (TPSA) is 70.9 Å². The summed E-state index contributed by atoms with van der Waals surface area (Å²) in [4.78, 5) is 34.0. The van der Waals surface area contributed by atoms with E-state index in [1.807, 2.05) is 0 Å². The number of carbonyl (C=O) groups excluding carboxylic acids is 2. The molecule has 0 saturated heterocycles. The maximum absolute atomic E-state index is 13.0. The lowest BCUT2D eigenvalue weighted by atomic mass is 9.98. The average Bonchev–Trinajstić information content (AvgIpc) is 3.20. The molecule has 146 valence electrons. The number of fused-ring (bicyclic) bond motifs is 2. The number of hydrogen-bond acceptors (Lipinski definition) is 5. The van der Waals surface area contributed by atoms with Crippen LogP contribution in [0.15, 0.2) is 44.7 Å². The Morgan fingerprint density at radius 3 is 2.82 bits per heavy atom. The van der Waals surface area contributed by atoms with Crippen molar-refractivity contribution in [1.29, 1.82) is 0 Å². The number of amides is 2. The summed E-state index contributed by atoms with van der Waals surface area (Å²) in [7, 11) is 0. The Morgan fingerprint density at radius 2 is 2.04 bits per heavy atom. The second kappa shape index (κ2) is 7.40. The van der Waals surface area contributed by atoms with Crippen molar-refractivity contribution in [2.75, 3.05) is 11.1 Å². The van der Waals surface area contributed by atoms with E-state index in [4.69, 9.17) is 0 Å². The zero-order chi connectivity index (χ0) is 19.9. The fraction of sp³-hybridized carbons (Fsp3) is 0.333. The number of para-hydroxylation sites is 1. The number of alkyl halides is 3. The lowest BCUT2D eigenvalue weighted by molar-refractivity contribution is -0.137. The summed E-state index contributed by atoms with van der Waals surface area (Å²) in [6.07, 6.45) is -1.69.